The Labute approximate surface area is 116 Å². The number of aliphatic hydroxyl groups excluding tert-OH is 1. The van der Waals surface area contributed by atoms with E-state index in [-0.39, 0.29) is 11.5 Å². The van der Waals surface area contributed by atoms with E-state index in [0.717, 1.165) is 13.1 Å². The smallest absolute Gasteiger partial charge is 0.0900 e. The number of hydrogen-bond acceptors (Lipinski definition) is 3. The van der Waals surface area contributed by atoms with Gasteiger partial charge in [-0.25, -0.2) is 0 Å². The molecule has 0 saturated carbocycles. The summed E-state index contributed by atoms with van der Waals surface area (Å²) in [7, 11) is 1.63. The van der Waals surface area contributed by atoms with Gasteiger partial charge in [0.2, 0.25) is 0 Å². The fourth-order valence-corrected chi connectivity index (χ4v) is 3.12. The van der Waals surface area contributed by atoms with Crippen molar-refractivity contribution in [1.29, 1.82) is 0 Å². The van der Waals surface area contributed by atoms with E-state index in [0.29, 0.717) is 13.2 Å². The van der Waals surface area contributed by atoms with Crippen LogP contribution < -0.4 is 0 Å². The van der Waals surface area contributed by atoms with Crippen molar-refractivity contribution in [3.63, 3.8) is 0 Å². The molecule has 3 nitrogen and oxygen atoms in total. The predicted molar refractivity (Wildman–Crippen MR) is 77.4 cm³/mol. The molecule has 0 aromatic heterocycles. The summed E-state index contributed by atoms with van der Waals surface area (Å²) in [5.74, 6) is 0. The number of ether oxygens (including phenoxy) is 1. The molecule has 0 unspecified atom stereocenters. The van der Waals surface area contributed by atoms with Gasteiger partial charge >= 0.3 is 0 Å². The summed E-state index contributed by atoms with van der Waals surface area (Å²) in [6.07, 6.45) is 2.02. The topological polar surface area (TPSA) is 32.7 Å². The molecule has 0 amide bonds. The zero-order valence-electron chi connectivity index (χ0n) is 12.0. The van der Waals surface area contributed by atoms with Gasteiger partial charge in [-0.1, -0.05) is 37.3 Å². The summed E-state index contributed by atoms with van der Waals surface area (Å²) in [5.41, 5.74) is 1.60. The zero-order chi connectivity index (χ0) is 13.7. The molecule has 1 heterocycles. The second-order valence-corrected chi connectivity index (χ2v) is 5.87. The van der Waals surface area contributed by atoms with Crippen molar-refractivity contribution < 1.29 is 9.84 Å². The van der Waals surface area contributed by atoms with E-state index in [1.54, 1.807) is 7.11 Å². The highest BCUT2D eigenvalue weighted by Gasteiger charge is 2.32. The lowest BCUT2D eigenvalue weighted by atomic mass is 9.76. The molecular formula is C16H25NO2. The molecule has 0 spiro atoms. The Hall–Kier alpha value is -0.900. The lowest BCUT2D eigenvalue weighted by molar-refractivity contribution is 0.0245. The molecule has 0 bridgehead atoms. The van der Waals surface area contributed by atoms with Crippen LogP contribution in [0.4, 0.5) is 0 Å². The first-order valence-electron chi connectivity index (χ1n) is 7.09. The number of methoxy groups -OCH3 is 1. The van der Waals surface area contributed by atoms with Crippen molar-refractivity contribution in [2.45, 2.75) is 31.3 Å². The van der Waals surface area contributed by atoms with Crippen molar-refractivity contribution in [2.75, 3.05) is 33.4 Å². The monoisotopic (exact) mass is 263 g/mol. The van der Waals surface area contributed by atoms with Crippen molar-refractivity contribution in [1.82, 2.24) is 4.90 Å². The fourth-order valence-electron chi connectivity index (χ4n) is 3.12. The third-order valence-electron chi connectivity index (χ3n) is 4.07. The van der Waals surface area contributed by atoms with Gasteiger partial charge in [-0.3, -0.25) is 4.90 Å². The van der Waals surface area contributed by atoms with Gasteiger partial charge in [0, 0.05) is 25.6 Å². The van der Waals surface area contributed by atoms with Gasteiger partial charge in [0.1, 0.15) is 0 Å². The minimum atomic E-state index is -0.386. The molecule has 3 heteroatoms. The second-order valence-electron chi connectivity index (χ2n) is 5.87. The summed E-state index contributed by atoms with van der Waals surface area (Å²) in [5, 5.41) is 9.88. The number of hydrogen-bond donors (Lipinski definition) is 1. The van der Waals surface area contributed by atoms with Gasteiger partial charge in [0.25, 0.3) is 0 Å². The molecule has 19 heavy (non-hydrogen) atoms. The van der Waals surface area contributed by atoms with Crippen molar-refractivity contribution in [3.05, 3.63) is 35.9 Å². The highest BCUT2D eigenvalue weighted by molar-refractivity contribution is 5.25. The Morgan fingerprint density at radius 3 is 2.79 bits per heavy atom. The molecule has 1 aliphatic heterocycles. The lowest BCUT2D eigenvalue weighted by Crippen LogP contribution is -2.47. The van der Waals surface area contributed by atoms with E-state index < -0.39 is 0 Å². The largest absolute Gasteiger partial charge is 0.389 e. The average molecular weight is 263 g/mol. The van der Waals surface area contributed by atoms with Gasteiger partial charge in [0.15, 0.2) is 0 Å². The van der Waals surface area contributed by atoms with Gasteiger partial charge in [0.05, 0.1) is 12.7 Å². The van der Waals surface area contributed by atoms with E-state index in [1.165, 1.54) is 18.4 Å². The minimum Gasteiger partial charge on any atom is -0.389 e. The first kappa shape index (κ1) is 14.5. The number of β-amino-alcohol motifs (C(OH)–C–C–N with tert-alkyl or cyclic N) is 1. The maximum atomic E-state index is 9.88. The first-order valence-corrected chi connectivity index (χ1v) is 7.09. The van der Waals surface area contributed by atoms with Crippen LogP contribution in [0, 0.1) is 0 Å². The Kier molecular flexibility index (Phi) is 4.97. The van der Waals surface area contributed by atoms with Crippen LogP contribution in [0.2, 0.25) is 0 Å². The summed E-state index contributed by atoms with van der Waals surface area (Å²) >= 11 is 0. The van der Waals surface area contributed by atoms with Crippen LogP contribution in [0.5, 0.6) is 0 Å². The first-order chi connectivity index (χ1) is 9.14. The van der Waals surface area contributed by atoms with Crippen LogP contribution >= 0.6 is 0 Å². The molecule has 0 aliphatic carbocycles. The van der Waals surface area contributed by atoms with Crippen LogP contribution in [0.3, 0.4) is 0 Å². The maximum Gasteiger partial charge on any atom is 0.0900 e. The summed E-state index contributed by atoms with van der Waals surface area (Å²) in [6.45, 7) is 5.53. The fraction of sp³-hybridized carbons (Fsp3) is 0.625. The third kappa shape index (κ3) is 3.78. The van der Waals surface area contributed by atoms with E-state index in [1.807, 2.05) is 0 Å². The van der Waals surface area contributed by atoms with E-state index in [9.17, 15) is 5.11 Å². The second kappa shape index (κ2) is 6.51. The van der Waals surface area contributed by atoms with Gasteiger partial charge < -0.3 is 9.84 Å². The van der Waals surface area contributed by atoms with Gasteiger partial charge in [-0.15, -0.1) is 0 Å². The molecule has 2 atom stereocenters. The van der Waals surface area contributed by atoms with Crippen LogP contribution in [0.15, 0.2) is 30.3 Å². The van der Waals surface area contributed by atoms with Crippen LogP contribution in [-0.4, -0.2) is 49.5 Å². The van der Waals surface area contributed by atoms with Gasteiger partial charge in [-0.05, 0) is 24.9 Å². The lowest BCUT2D eigenvalue weighted by Gasteiger charge is -2.41. The number of likely N-dealkylation sites (tertiary alicyclic amines) is 1. The number of aliphatic hydroxyl groups is 1. The molecule has 0 radical (unpaired) electrons. The van der Waals surface area contributed by atoms with Crippen LogP contribution in [0.1, 0.15) is 25.3 Å². The van der Waals surface area contributed by atoms with E-state index in [4.69, 9.17) is 4.74 Å². The average Bonchev–Trinajstić information content (AvgIpc) is 2.40. The quantitative estimate of drug-likeness (QED) is 0.882. The minimum absolute atomic E-state index is 0.201. The molecule has 1 N–H and O–H groups in total. The van der Waals surface area contributed by atoms with Crippen molar-refractivity contribution >= 4 is 0 Å². The van der Waals surface area contributed by atoms with Crippen LogP contribution in [-0.2, 0) is 10.2 Å². The van der Waals surface area contributed by atoms with Gasteiger partial charge in [-0.2, -0.15) is 0 Å². The number of rotatable bonds is 5. The van der Waals surface area contributed by atoms with Crippen molar-refractivity contribution in [3.8, 4) is 0 Å². The predicted octanol–water partition coefficient (Wildman–Crippen LogP) is 2.05. The number of piperidine rings is 1. The highest BCUT2D eigenvalue weighted by Crippen LogP contribution is 2.33. The summed E-state index contributed by atoms with van der Waals surface area (Å²) < 4.78 is 5.01. The highest BCUT2D eigenvalue weighted by atomic mass is 16.5. The van der Waals surface area contributed by atoms with Crippen molar-refractivity contribution in [2.24, 2.45) is 0 Å². The Morgan fingerprint density at radius 1 is 1.37 bits per heavy atom. The summed E-state index contributed by atoms with van der Waals surface area (Å²) in [6, 6.07) is 10.7. The number of benzene rings is 1. The Morgan fingerprint density at radius 2 is 2.11 bits per heavy atom. The standard InChI is InChI=1S/C16H25NO2/c1-16(14-7-4-3-5-8-14)9-6-10-17(13-16)11-15(18)12-19-2/h3-5,7-8,15,18H,6,9-13H2,1-2H3/t15-,16-/m0/s1. The molecule has 2 rings (SSSR count). The van der Waals surface area contributed by atoms with Crippen LogP contribution in [0.25, 0.3) is 0 Å². The molecule has 1 saturated heterocycles. The molecule has 1 aromatic rings. The third-order valence-corrected chi connectivity index (χ3v) is 4.07. The Balaban J connectivity index is 2.00. The zero-order valence-corrected chi connectivity index (χ0v) is 12.0. The number of nitrogens with zero attached hydrogens (tertiary/aromatic N) is 1. The molecule has 106 valence electrons. The molecule has 1 aromatic carbocycles. The molecular weight excluding hydrogens is 238 g/mol. The normalized spacial score (nSPS) is 26.3. The molecule has 1 aliphatic rings. The Bertz CT molecular complexity index is 382. The SMILES string of the molecule is COC[C@@H](O)CN1CCC[C@](C)(c2ccccc2)C1. The van der Waals surface area contributed by atoms with E-state index in [2.05, 4.69) is 42.2 Å². The van der Waals surface area contributed by atoms with E-state index >= 15 is 0 Å². The molecule has 1 fully saturated rings. The summed E-state index contributed by atoms with van der Waals surface area (Å²) in [4.78, 5) is 2.36. The maximum absolute atomic E-state index is 9.88.